The number of amides is 2. The first-order chi connectivity index (χ1) is 17.3. The van der Waals surface area contributed by atoms with Gasteiger partial charge in [0.2, 0.25) is 5.75 Å². The van der Waals surface area contributed by atoms with Crippen LogP contribution in [0.4, 0.5) is 11.4 Å². The second-order valence-corrected chi connectivity index (χ2v) is 9.33. The van der Waals surface area contributed by atoms with Crippen LogP contribution in [0.25, 0.3) is 6.08 Å². The van der Waals surface area contributed by atoms with Crippen LogP contribution in [0.5, 0.6) is 11.5 Å². The highest BCUT2D eigenvalue weighted by Gasteiger charge is 2.35. The van der Waals surface area contributed by atoms with Crippen molar-refractivity contribution in [1.29, 1.82) is 0 Å². The Morgan fingerprint density at radius 3 is 2.47 bits per heavy atom. The average Bonchev–Trinajstić information content (AvgIpc) is 3.13. The SMILES string of the molecule is CCOc1cc(/C=C2/C(=O)NN(c3ccccc3)C2=O)cc([N+](=O)[O-])c1OCc1ccc(Br)cc1Br. The summed E-state index contributed by atoms with van der Waals surface area (Å²) < 4.78 is 13.1. The predicted octanol–water partition coefficient (Wildman–Crippen LogP) is 5.56. The molecule has 0 saturated carbocycles. The fourth-order valence-corrected chi connectivity index (χ4v) is 4.67. The molecule has 0 aliphatic carbocycles. The number of hydrogen-bond acceptors (Lipinski definition) is 6. The number of para-hydroxylation sites is 1. The highest BCUT2D eigenvalue weighted by molar-refractivity contribution is 9.11. The number of ether oxygens (including phenoxy) is 2. The number of benzene rings is 3. The van der Waals surface area contributed by atoms with Crippen LogP contribution in [0.15, 0.2) is 75.2 Å². The lowest BCUT2D eigenvalue weighted by atomic mass is 10.1. The molecule has 36 heavy (non-hydrogen) atoms. The molecular formula is C25H19Br2N3O6. The summed E-state index contributed by atoms with van der Waals surface area (Å²) in [6, 6.07) is 16.9. The predicted molar refractivity (Wildman–Crippen MR) is 140 cm³/mol. The van der Waals surface area contributed by atoms with Gasteiger partial charge in [0.1, 0.15) is 12.2 Å². The molecule has 2 amide bonds. The average molecular weight is 617 g/mol. The molecule has 3 aromatic rings. The molecule has 0 spiro atoms. The summed E-state index contributed by atoms with van der Waals surface area (Å²) in [6.07, 6.45) is 1.30. The van der Waals surface area contributed by atoms with E-state index in [1.807, 2.05) is 18.2 Å². The molecular weight excluding hydrogens is 598 g/mol. The zero-order valence-corrected chi connectivity index (χ0v) is 22.0. The Morgan fingerprint density at radius 2 is 1.81 bits per heavy atom. The fraction of sp³-hybridized carbons (Fsp3) is 0.120. The topological polar surface area (TPSA) is 111 Å². The van der Waals surface area contributed by atoms with Crippen LogP contribution in [0.2, 0.25) is 0 Å². The molecule has 0 bridgehead atoms. The molecule has 0 aromatic heterocycles. The van der Waals surface area contributed by atoms with E-state index >= 15 is 0 Å². The molecule has 0 unspecified atom stereocenters. The van der Waals surface area contributed by atoms with E-state index in [9.17, 15) is 19.7 Å². The Bertz CT molecular complexity index is 1380. The molecule has 11 heteroatoms. The Labute approximate surface area is 223 Å². The van der Waals surface area contributed by atoms with Crippen LogP contribution in [0.3, 0.4) is 0 Å². The number of nitro groups is 1. The number of anilines is 1. The van der Waals surface area contributed by atoms with Crippen molar-refractivity contribution in [3.8, 4) is 11.5 Å². The maximum Gasteiger partial charge on any atom is 0.315 e. The summed E-state index contributed by atoms with van der Waals surface area (Å²) in [7, 11) is 0. The van der Waals surface area contributed by atoms with Gasteiger partial charge in [0.05, 0.1) is 17.2 Å². The van der Waals surface area contributed by atoms with Crippen molar-refractivity contribution >= 4 is 61.1 Å². The monoisotopic (exact) mass is 615 g/mol. The standard InChI is InChI=1S/C25H19Br2N3O6/c1-2-35-22-12-15(10-19-24(31)28-29(25(19)32)18-6-4-3-5-7-18)11-21(30(33)34)23(22)36-14-16-8-9-17(26)13-20(16)27/h3-13H,2,14H2,1H3,(H,28,31)/b19-10-. The number of nitro benzene ring substituents is 1. The summed E-state index contributed by atoms with van der Waals surface area (Å²) in [4.78, 5) is 36.8. The zero-order valence-electron chi connectivity index (χ0n) is 18.9. The first-order valence-corrected chi connectivity index (χ1v) is 12.3. The van der Waals surface area contributed by atoms with Crippen molar-refractivity contribution in [3.05, 3.63) is 96.4 Å². The smallest absolute Gasteiger partial charge is 0.315 e. The molecule has 1 N–H and O–H groups in total. The quantitative estimate of drug-likeness (QED) is 0.154. The van der Waals surface area contributed by atoms with Crippen LogP contribution in [-0.2, 0) is 16.2 Å². The molecule has 9 nitrogen and oxygen atoms in total. The number of carbonyl (C=O) groups excluding carboxylic acids is 2. The Balaban J connectivity index is 1.69. The largest absolute Gasteiger partial charge is 0.490 e. The number of nitrogens with one attached hydrogen (secondary N) is 1. The molecule has 3 aromatic carbocycles. The number of hydrogen-bond donors (Lipinski definition) is 1. The number of carbonyl (C=O) groups is 2. The van der Waals surface area contributed by atoms with E-state index in [1.54, 1.807) is 37.3 Å². The first-order valence-electron chi connectivity index (χ1n) is 10.7. The number of rotatable bonds is 8. The third kappa shape index (κ3) is 5.42. The second-order valence-electron chi connectivity index (χ2n) is 7.56. The van der Waals surface area contributed by atoms with Gasteiger partial charge in [-0.1, -0.05) is 56.1 Å². The summed E-state index contributed by atoms with van der Waals surface area (Å²) in [5.41, 5.74) is 3.50. The lowest BCUT2D eigenvalue weighted by Gasteiger charge is -2.14. The van der Waals surface area contributed by atoms with Gasteiger partial charge in [-0.3, -0.25) is 25.1 Å². The van der Waals surface area contributed by atoms with Crippen LogP contribution >= 0.6 is 31.9 Å². The van der Waals surface area contributed by atoms with Gasteiger partial charge in [-0.25, -0.2) is 5.01 Å². The molecule has 184 valence electrons. The molecule has 1 heterocycles. The minimum Gasteiger partial charge on any atom is -0.490 e. The zero-order chi connectivity index (χ0) is 25.8. The molecule has 0 radical (unpaired) electrons. The normalized spacial score (nSPS) is 14.2. The lowest BCUT2D eigenvalue weighted by molar-refractivity contribution is -0.386. The van der Waals surface area contributed by atoms with Gasteiger partial charge in [-0.15, -0.1) is 0 Å². The lowest BCUT2D eigenvalue weighted by Crippen LogP contribution is -2.35. The van der Waals surface area contributed by atoms with Gasteiger partial charge < -0.3 is 9.47 Å². The second kappa shape index (κ2) is 10.9. The van der Waals surface area contributed by atoms with E-state index in [0.29, 0.717) is 5.69 Å². The van der Waals surface area contributed by atoms with Crippen molar-refractivity contribution in [3.63, 3.8) is 0 Å². The minimum atomic E-state index is -0.620. The van der Waals surface area contributed by atoms with Gasteiger partial charge in [-0.2, -0.15) is 0 Å². The maximum atomic E-state index is 12.9. The maximum absolute atomic E-state index is 12.9. The molecule has 1 saturated heterocycles. The third-order valence-electron chi connectivity index (χ3n) is 5.16. The van der Waals surface area contributed by atoms with Crippen LogP contribution in [0, 0.1) is 10.1 Å². The van der Waals surface area contributed by atoms with Crippen LogP contribution in [-0.4, -0.2) is 23.3 Å². The van der Waals surface area contributed by atoms with Crippen molar-refractivity contribution in [2.75, 3.05) is 11.6 Å². The van der Waals surface area contributed by atoms with E-state index in [0.717, 1.165) is 19.5 Å². The Hall–Kier alpha value is -3.70. The van der Waals surface area contributed by atoms with Gasteiger partial charge in [0.25, 0.3) is 11.8 Å². The number of halogens is 2. The Kier molecular flexibility index (Phi) is 7.70. The Morgan fingerprint density at radius 1 is 1.06 bits per heavy atom. The van der Waals surface area contributed by atoms with Crippen LogP contribution < -0.4 is 19.9 Å². The summed E-state index contributed by atoms with van der Waals surface area (Å²) in [6.45, 7) is 2.00. The highest BCUT2D eigenvalue weighted by atomic mass is 79.9. The summed E-state index contributed by atoms with van der Waals surface area (Å²) in [5.74, 6) is -1.12. The van der Waals surface area contributed by atoms with E-state index in [-0.39, 0.29) is 41.5 Å². The number of nitrogens with zero attached hydrogens (tertiary/aromatic N) is 2. The van der Waals surface area contributed by atoms with Crippen molar-refractivity contribution in [2.45, 2.75) is 13.5 Å². The number of hydrazine groups is 1. The van der Waals surface area contributed by atoms with Crippen molar-refractivity contribution < 1.29 is 24.0 Å². The van der Waals surface area contributed by atoms with E-state index in [2.05, 4.69) is 37.3 Å². The molecule has 1 aliphatic rings. The van der Waals surface area contributed by atoms with E-state index in [1.165, 1.54) is 18.2 Å². The highest BCUT2D eigenvalue weighted by Crippen LogP contribution is 2.40. The van der Waals surface area contributed by atoms with Crippen LogP contribution in [0.1, 0.15) is 18.1 Å². The van der Waals surface area contributed by atoms with Gasteiger partial charge in [-0.05, 0) is 48.9 Å². The van der Waals surface area contributed by atoms with Crippen molar-refractivity contribution in [2.24, 2.45) is 0 Å². The molecule has 4 rings (SSSR count). The van der Waals surface area contributed by atoms with Gasteiger partial charge in [0.15, 0.2) is 5.75 Å². The van der Waals surface area contributed by atoms with E-state index < -0.39 is 16.7 Å². The first kappa shape index (κ1) is 25.4. The minimum absolute atomic E-state index is 0.0438. The van der Waals surface area contributed by atoms with E-state index in [4.69, 9.17) is 9.47 Å². The summed E-state index contributed by atoms with van der Waals surface area (Å²) >= 11 is 6.84. The third-order valence-corrected chi connectivity index (χ3v) is 6.39. The van der Waals surface area contributed by atoms with Gasteiger partial charge >= 0.3 is 5.69 Å². The van der Waals surface area contributed by atoms with Crippen molar-refractivity contribution in [1.82, 2.24) is 5.43 Å². The molecule has 1 fully saturated rings. The molecule has 0 atom stereocenters. The summed E-state index contributed by atoms with van der Waals surface area (Å²) in [5, 5.41) is 13.1. The van der Waals surface area contributed by atoms with Gasteiger partial charge in [0, 0.05) is 20.6 Å². The fourth-order valence-electron chi connectivity index (χ4n) is 3.51. The molecule has 1 aliphatic heterocycles.